The van der Waals surface area contributed by atoms with E-state index >= 15 is 0 Å². The summed E-state index contributed by atoms with van der Waals surface area (Å²) < 4.78 is 0.830. The van der Waals surface area contributed by atoms with E-state index in [1.165, 1.54) is 5.56 Å². The van der Waals surface area contributed by atoms with Crippen molar-refractivity contribution in [3.05, 3.63) is 57.8 Å². The number of nitrogens with one attached hydrogen (secondary N) is 2. The monoisotopic (exact) mass is 319 g/mol. The van der Waals surface area contributed by atoms with Crippen LogP contribution in [0.2, 0.25) is 0 Å². The number of hydrogen-bond acceptors (Lipinski definition) is 2. The van der Waals surface area contributed by atoms with Gasteiger partial charge in [-0.25, -0.2) is 5.43 Å². The summed E-state index contributed by atoms with van der Waals surface area (Å²) in [5, 5.41) is 4.09. The molecule has 2 N–H and O–H groups in total. The quantitative estimate of drug-likeness (QED) is 0.662. The van der Waals surface area contributed by atoms with Crippen molar-refractivity contribution in [2.75, 3.05) is 0 Å². The highest BCUT2D eigenvalue weighted by Crippen LogP contribution is 2.10. The number of carbonyl (C=O) groups is 1. The predicted octanol–water partition coefficient (Wildman–Crippen LogP) is 3.24. The Balaban J connectivity index is 2.06. The number of aromatic amines is 1. The highest BCUT2D eigenvalue weighted by atomic mass is 79.9. The lowest BCUT2D eigenvalue weighted by atomic mass is 10.1. The summed E-state index contributed by atoms with van der Waals surface area (Å²) in [5.41, 5.74) is 5.93. The van der Waals surface area contributed by atoms with E-state index < -0.39 is 0 Å². The molecule has 2 rings (SSSR count). The zero-order valence-corrected chi connectivity index (χ0v) is 12.3. The van der Waals surface area contributed by atoms with Gasteiger partial charge in [0, 0.05) is 10.7 Å². The lowest BCUT2D eigenvalue weighted by Crippen LogP contribution is -2.19. The van der Waals surface area contributed by atoms with Gasteiger partial charge in [-0.3, -0.25) is 4.79 Å². The molecule has 5 heteroatoms. The number of aryl methyl sites for hydroxylation is 1. The molecule has 98 valence electrons. The van der Waals surface area contributed by atoms with E-state index in [9.17, 15) is 4.79 Å². The third-order valence-corrected chi connectivity index (χ3v) is 3.14. The van der Waals surface area contributed by atoms with E-state index in [-0.39, 0.29) is 5.91 Å². The fourth-order valence-electron chi connectivity index (χ4n) is 1.55. The molecule has 0 aliphatic carbocycles. The minimum Gasteiger partial charge on any atom is -0.356 e. The third-order valence-electron chi connectivity index (χ3n) is 2.69. The Labute approximate surface area is 120 Å². The Bertz CT molecular complexity index is 614. The Morgan fingerprint density at radius 1 is 1.32 bits per heavy atom. The fraction of sp³-hybridized carbons (Fsp3) is 0.143. The largest absolute Gasteiger partial charge is 0.356 e. The number of benzene rings is 1. The van der Waals surface area contributed by atoms with Crippen LogP contribution in [-0.4, -0.2) is 16.6 Å². The van der Waals surface area contributed by atoms with Gasteiger partial charge in [0.2, 0.25) is 0 Å². The lowest BCUT2D eigenvalue weighted by Gasteiger charge is -2.02. The molecule has 0 bridgehead atoms. The van der Waals surface area contributed by atoms with Gasteiger partial charge in [0.05, 0.1) is 5.71 Å². The van der Waals surface area contributed by atoms with Crippen molar-refractivity contribution in [1.82, 2.24) is 10.4 Å². The average molecular weight is 320 g/mol. The Morgan fingerprint density at radius 3 is 2.58 bits per heavy atom. The summed E-state index contributed by atoms with van der Waals surface area (Å²) in [6.45, 7) is 3.89. The van der Waals surface area contributed by atoms with Gasteiger partial charge < -0.3 is 4.98 Å². The molecular weight excluding hydrogens is 306 g/mol. The van der Waals surface area contributed by atoms with Gasteiger partial charge in [0.1, 0.15) is 5.69 Å². The number of hydrazone groups is 1. The SMILES string of the molecule is C/C(=N/NC(=O)c1cc(Br)c[nH]1)c1ccc(C)cc1. The molecule has 0 unspecified atom stereocenters. The van der Waals surface area contributed by atoms with Crippen molar-refractivity contribution in [1.29, 1.82) is 0 Å². The highest BCUT2D eigenvalue weighted by Gasteiger charge is 2.06. The van der Waals surface area contributed by atoms with Crippen molar-refractivity contribution >= 4 is 27.5 Å². The van der Waals surface area contributed by atoms with Gasteiger partial charge in [-0.2, -0.15) is 5.10 Å². The molecular formula is C14H14BrN3O. The van der Waals surface area contributed by atoms with Crippen molar-refractivity contribution in [2.45, 2.75) is 13.8 Å². The molecule has 1 heterocycles. The maximum Gasteiger partial charge on any atom is 0.287 e. The lowest BCUT2D eigenvalue weighted by molar-refractivity contribution is 0.0950. The normalized spacial score (nSPS) is 11.4. The first-order chi connectivity index (χ1) is 9.06. The summed E-state index contributed by atoms with van der Waals surface area (Å²) in [7, 11) is 0. The van der Waals surface area contributed by atoms with E-state index in [4.69, 9.17) is 0 Å². The van der Waals surface area contributed by atoms with E-state index in [1.54, 1.807) is 12.3 Å². The van der Waals surface area contributed by atoms with Crippen LogP contribution in [0.3, 0.4) is 0 Å². The molecule has 19 heavy (non-hydrogen) atoms. The van der Waals surface area contributed by atoms with Crippen molar-refractivity contribution in [3.8, 4) is 0 Å². The predicted molar refractivity (Wildman–Crippen MR) is 79.3 cm³/mol. The zero-order valence-electron chi connectivity index (χ0n) is 10.7. The summed E-state index contributed by atoms with van der Waals surface area (Å²) in [4.78, 5) is 14.6. The van der Waals surface area contributed by atoms with Crippen LogP contribution in [0.15, 0.2) is 46.1 Å². The van der Waals surface area contributed by atoms with Crippen LogP contribution in [-0.2, 0) is 0 Å². The Kier molecular flexibility index (Phi) is 4.16. The summed E-state index contributed by atoms with van der Waals surface area (Å²) in [6, 6.07) is 9.68. The molecule has 0 aliphatic rings. The van der Waals surface area contributed by atoms with Gasteiger partial charge in [-0.05, 0) is 41.4 Å². The van der Waals surface area contributed by atoms with Crippen molar-refractivity contribution < 1.29 is 4.79 Å². The van der Waals surface area contributed by atoms with Crippen LogP contribution in [0.1, 0.15) is 28.5 Å². The second-order valence-electron chi connectivity index (χ2n) is 4.24. The minimum absolute atomic E-state index is 0.267. The second kappa shape index (κ2) is 5.84. The van der Waals surface area contributed by atoms with Gasteiger partial charge in [-0.15, -0.1) is 0 Å². The Hall–Kier alpha value is -1.88. The third kappa shape index (κ3) is 3.54. The molecule has 0 radical (unpaired) electrons. The molecule has 1 amide bonds. The molecule has 0 saturated carbocycles. The summed E-state index contributed by atoms with van der Waals surface area (Å²) in [5.74, 6) is -0.267. The molecule has 0 spiro atoms. The molecule has 0 fully saturated rings. The molecule has 1 aromatic carbocycles. The number of rotatable bonds is 3. The van der Waals surface area contributed by atoms with E-state index in [0.717, 1.165) is 15.7 Å². The van der Waals surface area contributed by atoms with Crippen molar-refractivity contribution in [3.63, 3.8) is 0 Å². The smallest absolute Gasteiger partial charge is 0.287 e. The molecule has 0 atom stereocenters. The number of nitrogens with zero attached hydrogens (tertiary/aromatic N) is 1. The van der Waals surface area contributed by atoms with E-state index in [2.05, 4.69) is 31.4 Å². The number of carbonyl (C=O) groups excluding carboxylic acids is 1. The van der Waals surface area contributed by atoms with Crippen LogP contribution in [0.5, 0.6) is 0 Å². The standard InChI is InChI=1S/C14H14BrN3O/c1-9-3-5-11(6-4-9)10(2)17-18-14(19)13-7-12(15)8-16-13/h3-8,16H,1-2H3,(H,18,19)/b17-10-. The average Bonchev–Trinajstić information content (AvgIpc) is 2.83. The molecule has 0 saturated heterocycles. The fourth-order valence-corrected chi connectivity index (χ4v) is 1.90. The second-order valence-corrected chi connectivity index (χ2v) is 5.15. The van der Waals surface area contributed by atoms with Crippen molar-refractivity contribution in [2.24, 2.45) is 5.10 Å². The first kappa shape index (κ1) is 13.5. The van der Waals surface area contributed by atoms with E-state index in [1.807, 2.05) is 38.1 Å². The Morgan fingerprint density at radius 2 is 2.00 bits per heavy atom. The molecule has 0 aliphatic heterocycles. The first-order valence-electron chi connectivity index (χ1n) is 5.82. The highest BCUT2D eigenvalue weighted by molar-refractivity contribution is 9.10. The van der Waals surface area contributed by atoms with Gasteiger partial charge >= 0.3 is 0 Å². The van der Waals surface area contributed by atoms with E-state index in [0.29, 0.717) is 5.69 Å². The number of hydrogen-bond donors (Lipinski definition) is 2. The van der Waals surface area contributed by atoms with Crippen LogP contribution >= 0.6 is 15.9 Å². The number of amides is 1. The number of H-pyrrole nitrogens is 1. The number of halogens is 1. The van der Waals surface area contributed by atoms with Crippen LogP contribution < -0.4 is 5.43 Å². The number of aromatic nitrogens is 1. The summed E-state index contributed by atoms with van der Waals surface area (Å²) >= 11 is 3.28. The minimum atomic E-state index is -0.267. The molecule has 4 nitrogen and oxygen atoms in total. The van der Waals surface area contributed by atoms with Crippen LogP contribution in [0.25, 0.3) is 0 Å². The zero-order chi connectivity index (χ0) is 13.8. The van der Waals surface area contributed by atoms with Crippen LogP contribution in [0, 0.1) is 6.92 Å². The van der Waals surface area contributed by atoms with Gasteiger partial charge in [0.25, 0.3) is 5.91 Å². The topological polar surface area (TPSA) is 57.2 Å². The van der Waals surface area contributed by atoms with Crippen LogP contribution in [0.4, 0.5) is 0 Å². The molecule has 2 aromatic rings. The van der Waals surface area contributed by atoms with Gasteiger partial charge in [-0.1, -0.05) is 29.8 Å². The first-order valence-corrected chi connectivity index (χ1v) is 6.61. The summed E-state index contributed by atoms with van der Waals surface area (Å²) in [6.07, 6.45) is 1.70. The maximum absolute atomic E-state index is 11.8. The molecule has 1 aromatic heterocycles. The maximum atomic E-state index is 11.8. The van der Waals surface area contributed by atoms with Gasteiger partial charge in [0.15, 0.2) is 0 Å².